The third-order valence-electron chi connectivity index (χ3n) is 6.38. The fraction of sp³-hybridized carbons (Fsp3) is 0.522. The number of benzene rings is 1. The first-order valence-corrected chi connectivity index (χ1v) is 11.7. The molecule has 1 aromatic carbocycles. The molecule has 2 saturated heterocycles. The van der Waals surface area contributed by atoms with E-state index >= 15 is 0 Å². The Hall–Kier alpha value is -2.13. The largest absolute Gasteiger partial charge is 0.380 e. The average Bonchev–Trinajstić information content (AvgIpc) is 3.19. The number of aliphatic hydroxyl groups excluding tert-OH is 1. The summed E-state index contributed by atoms with van der Waals surface area (Å²) in [5, 5.41) is 26.4. The van der Waals surface area contributed by atoms with Crippen LogP contribution in [0.1, 0.15) is 24.8 Å². The topological polar surface area (TPSA) is 83.4 Å². The molecule has 2 aliphatic rings. The van der Waals surface area contributed by atoms with Gasteiger partial charge in [0.25, 0.3) is 0 Å². The number of nitrogens with one attached hydrogen (secondary N) is 1. The second-order valence-electron chi connectivity index (χ2n) is 9.26. The van der Waals surface area contributed by atoms with Crippen molar-refractivity contribution >= 4 is 27.9 Å². The maximum absolute atomic E-state index is 10.8. The third kappa shape index (κ3) is 4.57. The lowest BCUT2D eigenvalue weighted by atomic mass is 9.86. The lowest BCUT2D eigenvalue weighted by Gasteiger charge is -2.44. The van der Waals surface area contributed by atoms with Crippen LogP contribution in [0.5, 0.6) is 0 Å². The van der Waals surface area contributed by atoms with Crippen molar-refractivity contribution in [1.29, 1.82) is 0 Å². The zero-order valence-corrected chi connectivity index (χ0v) is 18.9. The van der Waals surface area contributed by atoms with Gasteiger partial charge < -0.3 is 20.1 Å². The van der Waals surface area contributed by atoms with Gasteiger partial charge in [-0.1, -0.05) is 30.4 Å². The molecule has 0 aliphatic carbocycles. The Morgan fingerprint density at radius 1 is 1.23 bits per heavy atom. The average molecular weight is 440 g/mol. The molecule has 2 aliphatic heterocycles. The molecular formula is C23H29N5O2S. The summed E-state index contributed by atoms with van der Waals surface area (Å²) in [6.45, 7) is 9.12. The van der Waals surface area contributed by atoms with Crippen molar-refractivity contribution in [2.45, 2.75) is 32.9 Å². The number of aromatic nitrogens is 3. The molecule has 31 heavy (non-hydrogen) atoms. The molecule has 0 spiro atoms. The number of pyridine rings is 1. The van der Waals surface area contributed by atoms with E-state index in [2.05, 4.69) is 50.5 Å². The van der Waals surface area contributed by atoms with E-state index in [4.69, 9.17) is 4.74 Å². The van der Waals surface area contributed by atoms with Crippen molar-refractivity contribution in [3.8, 4) is 10.6 Å². The predicted molar refractivity (Wildman–Crippen MR) is 123 cm³/mol. The van der Waals surface area contributed by atoms with Gasteiger partial charge in [-0.15, -0.1) is 10.2 Å². The number of piperidine rings is 1. The van der Waals surface area contributed by atoms with Crippen molar-refractivity contribution in [1.82, 2.24) is 20.1 Å². The number of rotatable bonds is 6. The standard InChI is InChI=1S/C23H29N5O2S/c1-15-26-27-22(31-15)17-3-4-18-11-24-20(10-19(18)9-17)25-21(29)16-5-7-28(8-6-16)12-23(2)13-30-14-23/h3-4,9-11,16,21,29H,5-8,12-14H2,1-2H3,(H,24,25). The summed E-state index contributed by atoms with van der Waals surface area (Å²) < 4.78 is 5.38. The summed E-state index contributed by atoms with van der Waals surface area (Å²) >= 11 is 1.59. The predicted octanol–water partition coefficient (Wildman–Crippen LogP) is 3.54. The van der Waals surface area contributed by atoms with E-state index in [1.807, 2.05) is 19.2 Å². The third-order valence-corrected chi connectivity index (χ3v) is 7.26. The highest BCUT2D eigenvalue weighted by Crippen LogP contribution is 2.31. The Balaban J connectivity index is 1.22. The van der Waals surface area contributed by atoms with Crippen LogP contribution in [0.2, 0.25) is 0 Å². The molecule has 2 fully saturated rings. The monoisotopic (exact) mass is 439 g/mol. The SMILES string of the molecule is Cc1nnc(-c2ccc3cnc(NC(O)C4CCN(CC5(C)COC5)CC4)cc3c2)s1. The van der Waals surface area contributed by atoms with Gasteiger partial charge in [0.1, 0.15) is 22.1 Å². The van der Waals surface area contributed by atoms with E-state index in [1.165, 1.54) is 0 Å². The van der Waals surface area contributed by atoms with Crippen molar-refractivity contribution in [2.24, 2.45) is 11.3 Å². The summed E-state index contributed by atoms with van der Waals surface area (Å²) in [7, 11) is 0. The number of hydrogen-bond donors (Lipinski definition) is 2. The summed E-state index contributed by atoms with van der Waals surface area (Å²) in [5.74, 6) is 0.932. The number of fused-ring (bicyclic) bond motifs is 1. The molecule has 0 saturated carbocycles. The second-order valence-corrected chi connectivity index (χ2v) is 10.4. The lowest BCUT2D eigenvalue weighted by molar-refractivity contribution is -0.118. The first kappa shape index (κ1) is 20.8. The molecular weight excluding hydrogens is 410 g/mol. The molecule has 164 valence electrons. The van der Waals surface area contributed by atoms with E-state index < -0.39 is 6.23 Å². The van der Waals surface area contributed by atoms with E-state index in [0.29, 0.717) is 11.2 Å². The molecule has 0 amide bonds. The Bertz CT molecular complexity index is 1060. The van der Waals surface area contributed by atoms with E-state index in [1.54, 1.807) is 11.3 Å². The van der Waals surface area contributed by atoms with E-state index in [0.717, 1.165) is 72.0 Å². The number of ether oxygens (including phenoxy) is 1. The van der Waals surface area contributed by atoms with Gasteiger partial charge in [-0.3, -0.25) is 0 Å². The lowest BCUT2D eigenvalue weighted by Crippen LogP contribution is -2.51. The molecule has 4 heterocycles. The Kier molecular flexibility index (Phi) is 5.64. The molecule has 7 nitrogen and oxygen atoms in total. The first-order valence-electron chi connectivity index (χ1n) is 10.9. The number of hydrogen-bond acceptors (Lipinski definition) is 8. The minimum atomic E-state index is -0.594. The first-order chi connectivity index (χ1) is 15.0. The summed E-state index contributed by atoms with van der Waals surface area (Å²) in [5.41, 5.74) is 1.36. The van der Waals surface area contributed by atoms with Crippen LogP contribution in [0.3, 0.4) is 0 Å². The number of aryl methyl sites for hydroxylation is 1. The maximum Gasteiger partial charge on any atom is 0.147 e. The summed E-state index contributed by atoms with van der Waals surface area (Å²) in [4.78, 5) is 7.02. The van der Waals surface area contributed by atoms with Crippen molar-refractivity contribution in [2.75, 3.05) is 38.2 Å². The van der Waals surface area contributed by atoms with Crippen LogP contribution < -0.4 is 5.32 Å². The van der Waals surface area contributed by atoms with Gasteiger partial charge in [-0.05, 0) is 50.4 Å². The zero-order valence-electron chi connectivity index (χ0n) is 18.0. The normalized spacial score (nSPS) is 20.5. The smallest absolute Gasteiger partial charge is 0.147 e. The Morgan fingerprint density at radius 2 is 2.03 bits per heavy atom. The van der Waals surface area contributed by atoms with Crippen LogP contribution in [0.15, 0.2) is 30.5 Å². The Labute approximate surface area is 186 Å². The van der Waals surface area contributed by atoms with Gasteiger partial charge in [-0.2, -0.15) is 0 Å². The molecule has 0 radical (unpaired) electrons. The van der Waals surface area contributed by atoms with Crippen molar-refractivity contribution in [3.63, 3.8) is 0 Å². The van der Waals surface area contributed by atoms with E-state index in [9.17, 15) is 5.11 Å². The maximum atomic E-state index is 10.8. The number of anilines is 1. The number of nitrogens with zero attached hydrogens (tertiary/aromatic N) is 4. The fourth-order valence-corrected chi connectivity index (χ4v) is 5.23. The van der Waals surface area contributed by atoms with Gasteiger partial charge in [0, 0.05) is 35.0 Å². The molecule has 2 aromatic heterocycles. The minimum Gasteiger partial charge on any atom is -0.380 e. The quantitative estimate of drug-likeness (QED) is 0.569. The van der Waals surface area contributed by atoms with Crippen LogP contribution in [0, 0.1) is 18.3 Å². The molecule has 3 aromatic rings. The molecule has 1 unspecified atom stereocenters. The molecule has 8 heteroatoms. The minimum absolute atomic E-state index is 0.231. The van der Waals surface area contributed by atoms with Gasteiger partial charge in [-0.25, -0.2) is 4.98 Å². The van der Waals surface area contributed by atoms with Crippen molar-refractivity contribution < 1.29 is 9.84 Å². The van der Waals surface area contributed by atoms with Gasteiger partial charge in [0.2, 0.25) is 0 Å². The van der Waals surface area contributed by atoms with Crippen LogP contribution in [0.25, 0.3) is 21.3 Å². The zero-order chi connectivity index (χ0) is 21.4. The number of likely N-dealkylation sites (tertiary alicyclic amines) is 1. The van der Waals surface area contributed by atoms with Gasteiger partial charge >= 0.3 is 0 Å². The van der Waals surface area contributed by atoms with Crippen LogP contribution in [0.4, 0.5) is 5.82 Å². The Morgan fingerprint density at radius 3 is 2.71 bits per heavy atom. The number of aliphatic hydroxyl groups is 1. The summed E-state index contributed by atoms with van der Waals surface area (Å²) in [6, 6.07) is 8.22. The van der Waals surface area contributed by atoms with Crippen LogP contribution in [-0.4, -0.2) is 64.3 Å². The highest BCUT2D eigenvalue weighted by molar-refractivity contribution is 7.14. The van der Waals surface area contributed by atoms with E-state index in [-0.39, 0.29) is 5.92 Å². The van der Waals surface area contributed by atoms with Crippen molar-refractivity contribution in [3.05, 3.63) is 35.5 Å². The van der Waals surface area contributed by atoms with Crippen LogP contribution in [-0.2, 0) is 4.74 Å². The highest BCUT2D eigenvalue weighted by Gasteiger charge is 2.36. The second kappa shape index (κ2) is 8.43. The fourth-order valence-electron chi connectivity index (χ4n) is 4.54. The molecule has 5 rings (SSSR count). The van der Waals surface area contributed by atoms with Crippen LogP contribution >= 0.6 is 11.3 Å². The summed E-state index contributed by atoms with van der Waals surface area (Å²) in [6.07, 6.45) is 3.23. The van der Waals surface area contributed by atoms with Gasteiger partial charge in [0.15, 0.2) is 0 Å². The molecule has 2 N–H and O–H groups in total. The highest BCUT2D eigenvalue weighted by atomic mass is 32.1. The molecule has 0 bridgehead atoms. The molecule has 1 atom stereocenters. The van der Waals surface area contributed by atoms with Gasteiger partial charge in [0.05, 0.1) is 13.2 Å².